The Morgan fingerprint density at radius 3 is 2.28 bits per heavy atom. The average molecular weight is 368 g/mol. The normalized spacial score (nSPS) is 13.9. The number of aliphatic hydroxyl groups excluding tert-OH is 1. The Kier molecular flexibility index (Phi) is 8.11. The van der Waals surface area contributed by atoms with Gasteiger partial charge in [-0.1, -0.05) is 50.0 Å². The third-order valence-corrected chi connectivity index (χ3v) is 5.13. The first-order valence-corrected chi connectivity index (χ1v) is 12.2. The Morgan fingerprint density at radius 2 is 1.76 bits per heavy atom. The van der Waals surface area contributed by atoms with Crippen molar-refractivity contribution in [2.45, 2.75) is 57.8 Å². The number of alkyl carbamates (subject to hydrolysis) is 1. The molecule has 0 aliphatic heterocycles. The Labute approximate surface area is 150 Å². The van der Waals surface area contributed by atoms with Crippen LogP contribution in [-0.2, 0) is 14.3 Å². The molecule has 6 nitrogen and oxygen atoms in total. The van der Waals surface area contributed by atoms with Gasteiger partial charge in [0.05, 0.1) is 18.8 Å². The molecular weight excluding hydrogens is 338 g/mol. The molecule has 0 heterocycles. The predicted molar refractivity (Wildman–Crippen MR) is 99.1 cm³/mol. The van der Waals surface area contributed by atoms with E-state index in [2.05, 4.69) is 25.0 Å². The van der Waals surface area contributed by atoms with E-state index in [4.69, 9.17) is 9.47 Å². The molecule has 0 spiro atoms. The number of ether oxygens (including phenoxy) is 2. The van der Waals surface area contributed by atoms with Crippen LogP contribution in [0.4, 0.5) is 4.79 Å². The molecule has 1 rings (SSSR count). The maximum absolute atomic E-state index is 12.1. The van der Waals surface area contributed by atoms with E-state index < -0.39 is 32.3 Å². The number of amides is 1. The van der Waals surface area contributed by atoms with E-state index in [0.717, 1.165) is 6.04 Å². The van der Waals surface area contributed by atoms with Crippen LogP contribution < -0.4 is 5.32 Å². The van der Waals surface area contributed by atoms with Crippen molar-refractivity contribution >= 4 is 20.1 Å². The van der Waals surface area contributed by atoms with Gasteiger partial charge in [0, 0.05) is 8.07 Å². The fourth-order valence-electron chi connectivity index (χ4n) is 2.06. The van der Waals surface area contributed by atoms with Gasteiger partial charge in [-0.2, -0.15) is 0 Å². The molecule has 0 aliphatic carbocycles. The van der Waals surface area contributed by atoms with Gasteiger partial charge in [0.25, 0.3) is 0 Å². The molecule has 0 aromatic heterocycles. The molecule has 25 heavy (non-hydrogen) atoms. The summed E-state index contributed by atoms with van der Waals surface area (Å²) >= 11 is 0. The minimum Gasteiger partial charge on any atom is -0.461 e. The van der Waals surface area contributed by atoms with Crippen LogP contribution in [0, 0.1) is 0 Å². The van der Waals surface area contributed by atoms with Gasteiger partial charge in [0.2, 0.25) is 0 Å². The highest BCUT2D eigenvalue weighted by molar-refractivity contribution is 6.76. The topological polar surface area (TPSA) is 84.9 Å². The minimum absolute atomic E-state index is 0.315. The highest BCUT2D eigenvalue weighted by Gasteiger charge is 2.31. The molecule has 0 saturated heterocycles. The SMILES string of the molecule is CC(C)OC(=O)[C@H](O)[C@@H](NC(=O)OCC[Si](C)(C)C)c1ccccc1. The number of carbonyl (C=O) groups excluding carboxylic acids is 2. The van der Waals surface area contributed by atoms with Crippen molar-refractivity contribution in [1.29, 1.82) is 0 Å². The smallest absolute Gasteiger partial charge is 0.407 e. The van der Waals surface area contributed by atoms with Crippen molar-refractivity contribution in [1.82, 2.24) is 5.32 Å². The number of nitrogens with one attached hydrogen (secondary N) is 1. The maximum Gasteiger partial charge on any atom is 0.407 e. The van der Waals surface area contributed by atoms with Crippen LogP contribution in [0.2, 0.25) is 25.7 Å². The highest BCUT2D eigenvalue weighted by atomic mass is 28.3. The van der Waals surface area contributed by atoms with Gasteiger partial charge in [0.1, 0.15) is 0 Å². The van der Waals surface area contributed by atoms with E-state index in [-0.39, 0.29) is 6.10 Å². The van der Waals surface area contributed by atoms with Crippen molar-refractivity contribution in [2.75, 3.05) is 6.61 Å². The van der Waals surface area contributed by atoms with Crippen LogP contribution in [0.25, 0.3) is 0 Å². The zero-order chi connectivity index (χ0) is 19.0. The first kappa shape index (κ1) is 21.2. The second kappa shape index (κ2) is 9.58. The number of esters is 1. The number of carbonyl (C=O) groups is 2. The molecule has 0 fully saturated rings. The second-order valence-electron chi connectivity index (χ2n) is 7.41. The lowest BCUT2D eigenvalue weighted by molar-refractivity contribution is -0.159. The molecule has 0 unspecified atom stereocenters. The summed E-state index contributed by atoms with van der Waals surface area (Å²) in [6, 6.07) is 8.69. The lowest BCUT2D eigenvalue weighted by Crippen LogP contribution is -2.42. The Morgan fingerprint density at radius 1 is 1.16 bits per heavy atom. The van der Waals surface area contributed by atoms with Crippen molar-refractivity contribution in [2.24, 2.45) is 0 Å². The summed E-state index contributed by atoms with van der Waals surface area (Å²) in [7, 11) is -1.31. The van der Waals surface area contributed by atoms with Gasteiger partial charge in [-0.15, -0.1) is 0 Å². The van der Waals surface area contributed by atoms with E-state index in [0.29, 0.717) is 12.2 Å². The summed E-state index contributed by atoms with van der Waals surface area (Å²) in [4.78, 5) is 24.1. The summed E-state index contributed by atoms with van der Waals surface area (Å²) in [5.74, 6) is -0.786. The molecule has 0 aliphatic rings. The Hall–Kier alpha value is -1.86. The number of aliphatic hydroxyl groups is 1. The van der Waals surface area contributed by atoms with Gasteiger partial charge in [-0.05, 0) is 25.5 Å². The molecule has 0 saturated carbocycles. The van der Waals surface area contributed by atoms with Crippen LogP contribution >= 0.6 is 0 Å². The van der Waals surface area contributed by atoms with E-state index in [1.165, 1.54) is 0 Å². The number of hydrogen-bond donors (Lipinski definition) is 2. The van der Waals surface area contributed by atoms with Crippen LogP contribution in [0.1, 0.15) is 25.5 Å². The quantitative estimate of drug-likeness (QED) is 0.545. The van der Waals surface area contributed by atoms with Gasteiger partial charge < -0.3 is 19.9 Å². The largest absolute Gasteiger partial charge is 0.461 e. The van der Waals surface area contributed by atoms with Gasteiger partial charge in [0.15, 0.2) is 6.10 Å². The minimum atomic E-state index is -1.52. The monoisotopic (exact) mass is 367 g/mol. The van der Waals surface area contributed by atoms with Crippen LogP contribution in [0.3, 0.4) is 0 Å². The second-order valence-corrected chi connectivity index (χ2v) is 13.0. The predicted octanol–water partition coefficient (Wildman–Crippen LogP) is 3.10. The van der Waals surface area contributed by atoms with E-state index in [1.807, 2.05) is 6.07 Å². The zero-order valence-corrected chi connectivity index (χ0v) is 16.6. The molecule has 2 N–H and O–H groups in total. The van der Waals surface area contributed by atoms with E-state index >= 15 is 0 Å². The van der Waals surface area contributed by atoms with Crippen molar-refractivity contribution in [3.8, 4) is 0 Å². The highest BCUT2D eigenvalue weighted by Crippen LogP contribution is 2.19. The lowest BCUT2D eigenvalue weighted by atomic mass is 10.0. The summed E-state index contributed by atoms with van der Waals surface area (Å²) in [5, 5.41) is 12.9. The van der Waals surface area contributed by atoms with Gasteiger partial charge in [-0.25, -0.2) is 9.59 Å². The summed E-state index contributed by atoms with van der Waals surface area (Å²) < 4.78 is 10.2. The standard InChI is InChI=1S/C18H29NO5Si/c1-13(2)24-17(21)16(20)15(14-9-7-6-8-10-14)19-18(22)23-11-12-25(3,4)5/h6-10,13,15-16,20H,11-12H2,1-5H3,(H,19,22)/t15-,16+/m0/s1. The fraction of sp³-hybridized carbons (Fsp3) is 0.556. The van der Waals surface area contributed by atoms with Crippen LogP contribution in [-0.4, -0.2) is 44.1 Å². The number of hydrogen-bond acceptors (Lipinski definition) is 5. The average Bonchev–Trinajstić information content (AvgIpc) is 2.51. The van der Waals surface area contributed by atoms with Crippen LogP contribution in [0.15, 0.2) is 30.3 Å². The lowest BCUT2D eigenvalue weighted by Gasteiger charge is -2.24. The zero-order valence-electron chi connectivity index (χ0n) is 15.6. The summed E-state index contributed by atoms with van der Waals surface area (Å²) in [6.07, 6.45) is -2.54. The first-order valence-electron chi connectivity index (χ1n) is 8.47. The summed E-state index contributed by atoms with van der Waals surface area (Å²) in [6.45, 7) is 10.3. The molecule has 7 heteroatoms. The Balaban J connectivity index is 2.79. The van der Waals surface area contributed by atoms with Gasteiger partial charge in [-0.3, -0.25) is 0 Å². The third-order valence-electron chi connectivity index (χ3n) is 3.43. The molecule has 1 aromatic rings. The molecule has 1 aromatic carbocycles. The van der Waals surface area contributed by atoms with Crippen molar-refractivity contribution in [3.63, 3.8) is 0 Å². The summed E-state index contributed by atoms with van der Waals surface area (Å²) in [5.41, 5.74) is 0.595. The van der Waals surface area contributed by atoms with Crippen molar-refractivity contribution < 1.29 is 24.2 Å². The molecule has 140 valence electrons. The molecule has 0 radical (unpaired) electrons. The van der Waals surface area contributed by atoms with E-state index in [1.54, 1.807) is 38.1 Å². The molecule has 1 amide bonds. The molecule has 0 bridgehead atoms. The van der Waals surface area contributed by atoms with Gasteiger partial charge >= 0.3 is 12.1 Å². The fourth-order valence-corrected chi connectivity index (χ4v) is 2.78. The Bertz CT molecular complexity index is 556. The maximum atomic E-state index is 12.1. The van der Waals surface area contributed by atoms with E-state index in [9.17, 15) is 14.7 Å². The van der Waals surface area contributed by atoms with Crippen LogP contribution in [0.5, 0.6) is 0 Å². The first-order chi connectivity index (χ1) is 11.6. The third kappa shape index (κ3) is 8.17. The number of rotatable bonds is 8. The number of benzene rings is 1. The molecular formula is C18H29NO5Si. The molecule has 2 atom stereocenters. The van der Waals surface area contributed by atoms with Crippen molar-refractivity contribution in [3.05, 3.63) is 35.9 Å².